The molecular formula is C25H23Ti-5. The fourth-order valence-electron chi connectivity index (χ4n) is 1.37. The normalized spacial score (nSPS) is 7.38. The zero-order chi connectivity index (χ0) is 17.0. The summed E-state index contributed by atoms with van der Waals surface area (Å²) in [6.07, 6.45) is 0. The molecule has 0 aliphatic carbocycles. The number of rotatable bonds is 0. The van der Waals surface area contributed by atoms with E-state index in [0.29, 0.717) is 0 Å². The Balaban J connectivity index is 0. The van der Waals surface area contributed by atoms with Crippen molar-refractivity contribution >= 4 is 0 Å². The van der Waals surface area contributed by atoms with E-state index < -0.39 is 0 Å². The molecule has 0 aliphatic heterocycles. The van der Waals surface area contributed by atoms with Gasteiger partial charge < -0.3 is 7.43 Å². The molecule has 0 aromatic heterocycles. The Hall–Kier alpha value is -2.41. The summed E-state index contributed by atoms with van der Waals surface area (Å²) in [4.78, 5) is 0. The molecule has 0 unspecified atom stereocenters. The SMILES string of the molecule is [CH3-].[Ti].[c-]1ccccc1.[c-]1ccccc1.[c-]1ccccc1.[c-]1ccccc1. The van der Waals surface area contributed by atoms with Gasteiger partial charge in [-0.1, -0.05) is 0 Å². The minimum absolute atomic E-state index is 0. The van der Waals surface area contributed by atoms with Gasteiger partial charge in [-0.2, -0.15) is 146 Å². The van der Waals surface area contributed by atoms with Crippen LogP contribution in [0.1, 0.15) is 0 Å². The number of benzene rings is 4. The Labute approximate surface area is 174 Å². The van der Waals surface area contributed by atoms with E-state index >= 15 is 0 Å². The summed E-state index contributed by atoms with van der Waals surface area (Å²) in [5, 5.41) is 0. The van der Waals surface area contributed by atoms with Gasteiger partial charge in [-0.3, -0.25) is 0 Å². The zero-order valence-corrected chi connectivity index (χ0v) is 16.6. The van der Waals surface area contributed by atoms with Gasteiger partial charge in [0.1, 0.15) is 0 Å². The first-order valence-electron chi connectivity index (χ1n) is 7.64. The maximum absolute atomic E-state index is 2.89. The van der Waals surface area contributed by atoms with Crippen molar-refractivity contribution in [2.45, 2.75) is 0 Å². The molecule has 0 radical (unpaired) electrons. The van der Waals surface area contributed by atoms with Crippen LogP contribution in [0.5, 0.6) is 0 Å². The largest absolute Gasteiger partial charge is 0.358 e. The monoisotopic (exact) mass is 371 g/mol. The molecule has 0 atom stereocenters. The standard InChI is InChI=1S/4C6H5.CH3.Ti/c4*1-2-4-6-5-3-1;;/h4*1-5H;1H3;/q5*-1;. The van der Waals surface area contributed by atoms with Gasteiger partial charge >= 0.3 is 0 Å². The summed E-state index contributed by atoms with van der Waals surface area (Å²) in [6, 6.07) is 50.0. The maximum atomic E-state index is 2.89. The molecular weight excluding hydrogens is 348 g/mol. The Kier molecular flexibility index (Phi) is 22.4. The summed E-state index contributed by atoms with van der Waals surface area (Å²) in [5.41, 5.74) is 0. The summed E-state index contributed by atoms with van der Waals surface area (Å²) in [6.45, 7) is 0. The van der Waals surface area contributed by atoms with Crippen LogP contribution in [0.15, 0.2) is 121 Å². The predicted octanol–water partition coefficient (Wildman–Crippen LogP) is 6.39. The zero-order valence-electron chi connectivity index (χ0n) is 15.0. The summed E-state index contributed by atoms with van der Waals surface area (Å²) in [5.74, 6) is 0. The quantitative estimate of drug-likeness (QED) is 0.248. The van der Waals surface area contributed by atoms with E-state index in [9.17, 15) is 0 Å². The third-order valence-corrected chi connectivity index (χ3v) is 2.43. The second-order valence-corrected chi connectivity index (χ2v) is 4.31. The molecule has 0 N–H and O–H groups in total. The van der Waals surface area contributed by atoms with Gasteiger partial charge in [-0.25, -0.2) is 0 Å². The summed E-state index contributed by atoms with van der Waals surface area (Å²) in [7, 11) is 0. The van der Waals surface area contributed by atoms with Gasteiger partial charge in [0.05, 0.1) is 0 Å². The molecule has 0 nitrogen and oxygen atoms in total. The van der Waals surface area contributed by atoms with Gasteiger partial charge in [0.15, 0.2) is 0 Å². The van der Waals surface area contributed by atoms with E-state index in [2.05, 4.69) is 24.3 Å². The van der Waals surface area contributed by atoms with Crippen molar-refractivity contribution in [3.05, 3.63) is 153 Å². The minimum Gasteiger partial charge on any atom is -0.358 e. The average Bonchev–Trinajstić information content (AvgIpc) is 2.75. The van der Waals surface area contributed by atoms with E-state index in [0.717, 1.165) is 0 Å². The van der Waals surface area contributed by atoms with Gasteiger partial charge in [0.2, 0.25) is 0 Å². The Morgan fingerprint density at radius 1 is 0.269 bits per heavy atom. The second kappa shape index (κ2) is 22.6. The fourth-order valence-corrected chi connectivity index (χ4v) is 1.37. The van der Waals surface area contributed by atoms with Gasteiger partial charge in [-0.05, 0) is 0 Å². The molecule has 4 aromatic carbocycles. The van der Waals surface area contributed by atoms with Crippen LogP contribution in [0.25, 0.3) is 0 Å². The summed E-state index contributed by atoms with van der Waals surface area (Å²) >= 11 is 0. The molecule has 0 saturated carbocycles. The molecule has 0 heterocycles. The average molecular weight is 371 g/mol. The van der Waals surface area contributed by atoms with Crippen LogP contribution >= 0.6 is 0 Å². The third-order valence-electron chi connectivity index (χ3n) is 2.43. The molecule has 4 aromatic rings. The minimum atomic E-state index is 0. The fraction of sp³-hybridized carbons (Fsp3) is 0. The van der Waals surface area contributed by atoms with Crippen molar-refractivity contribution in [1.82, 2.24) is 0 Å². The molecule has 0 spiro atoms. The molecule has 0 amide bonds. The maximum Gasteiger partial charge on any atom is 0 e. The Morgan fingerprint density at radius 3 is 0.462 bits per heavy atom. The van der Waals surface area contributed by atoms with Gasteiger partial charge in [-0.15, -0.1) is 0 Å². The molecule has 132 valence electrons. The molecule has 26 heavy (non-hydrogen) atoms. The smallest absolute Gasteiger partial charge is 0 e. The van der Waals surface area contributed by atoms with Crippen molar-refractivity contribution in [1.29, 1.82) is 0 Å². The molecule has 1 heteroatoms. The van der Waals surface area contributed by atoms with E-state index in [1.54, 1.807) is 0 Å². The molecule has 0 fully saturated rings. The Morgan fingerprint density at radius 2 is 0.423 bits per heavy atom. The van der Waals surface area contributed by atoms with Crippen LogP contribution in [0.3, 0.4) is 0 Å². The number of hydrogen-bond acceptors (Lipinski definition) is 0. The van der Waals surface area contributed by atoms with E-state index in [1.165, 1.54) is 0 Å². The van der Waals surface area contributed by atoms with E-state index in [4.69, 9.17) is 0 Å². The molecule has 0 bridgehead atoms. The first-order valence-corrected chi connectivity index (χ1v) is 7.64. The molecule has 0 aliphatic rings. The van der Waals surface area contributed by atoms with Gasteiger partial charge in [0, 0.05) is 21.7 Å². The van der Waals surface area contributed by atoms with E-state index in [1.807, 2.05) is 121 Å². The molecule has 0 saturated heterocycles. The third kappa shape index (κ3) is 19.6. The second-order valence-electron chi connectivity index (χ2n) is 4.31. The predicted molar refractivity (Wildman–Crippen MR) is 108 cm³/mol. The van der Waals surface area contributed by atoms with Crippen LogP contribution in [0, 0.1) is 31.7 Å². The summed E-state index contributed by atoms with van der Waals surface area (Å²) < 4.78 is 0. The topological polar surface area (TPSA) is 0 Å². The van der Waals surface area contributed by atoms with Crippen molar-refractivity contribution in [2.24, 2.45) is 0 Å². The van der Waals surface area contributed by atoms with Crippen LogP contribution in [0.4, 0.5) is 0 Å². The van der Waals surface area contributed by atoms with Crippen molar-refractivity contribution in [3.63, 3.8) is 0 Å². The molecule has 4 rings (SSSR count). The Bertz CT molecular complexity index is 420. The van der Waals surface area contributed by atoms with Crippen LogP contribution < -0.4 is 0 Å². The first-order chi connectivity index (χ1) is 12.0. The van der Waals surface area contributed by atoms with Crippen LogP contribution in [0.2, 0.25) is 0 Å². The van der Waals surface area contributed by atoms with Gasteiger partial charge in [0.25, 0.3) is 0 Å². The van der Waals surface area contributed by atoms with Crippen LogP contribution in [-0.2, 0) is 21.7 Å². The van der Waals surface area contributed by atoms with Crippen molar-refractivity contribution in [2.75, 3.05) is 0 Å². The van der Waals surface area contributed by atoms with Crippen molar-refractivity contribution in [3.8, 4) is 0 Å². The number of hydrogen-bond donors (Lipinski definition) is 0. The first kappa shape index (κ1) is 25.8. The van der Waals surface area contributed by atoms with Crippen molar-refractivity contribution < 1.29 is 21.7 Å². The van der Waals surface area contributed by atoms with Crippen LogP contribution in [-0.4, -0.2) is 0 Å². The van der Waals surface area contributed by atoms with E-state index in [-0.39, 0.29) is 29.1 Å².